The Kier molecular flexibility index (Phi) is 3.80. The van der Waals surface area contributed by atoms with Crippen LogP contribution in [-0.2, 0) is 11.2 Å². The van der Waals surface area contributed by atoms with Gasteiger partial charge in [0.2, 0.25) is 0 Å². The molecule has 0 radical (unpaired) electrons. The van der Waals surface area contributed by atoms with Crippen molar-refractivity contribution >= 4 is 11.5 Å². The maximum absolute atomic E-state index is 12.8. The second kappa shape index (κ2) is 5.52. The first kappa shape index (κ1) is 13.1. The van der Waals surface area contributed by atoms with Gasteiger partial charge in [0.05, 0.1) is 0 Å². The summed E-state index contributed by atoms with van der Waals surface area (Å²) in [5.74, 6) is 0.134. The van der Waals surface area contributed by atoms with Gasteiger partial charge in [-0.1, -0.05) is 12.1 Å². The first-order chi connectivity index (χ1) is 9.04. The molecule has 1 heterocycles. The molecule has 0 fully saturated rings. The average Bonchev–Trinajstić information content (AvgIpc) is 2.80. The van der Waals surface area contributed by atoms with E-state index in [-0.39, 0.29) is 23.1 Å². The summed E-state index contributed by atoms with van der Waals surface area (Å²) in [5.41, 5.74) is 0.900. The van der Waals surface area contributed by atoms with Gasteiger partial charge in [0.25, 0.3) is 0 Å². The fraction of sp³-hybridized carbons (Fsp3) is 0.133. The van der Waals surface area contributed by atoms with Gasteiger partial charge in [0.15, 0.2) is 17.3 Å². The fourth-order valence-electron chi connectivity index (χ4n) is 1.68. The highest BCUT2D eigenvalue weighted by Crippen LogP contribution is 2.18. The molecule has 0 aliphatic heterocycles. The third-order valence-electron chi connectivity index (χ3n) is 2.55. The fourth-order valence-corrected chi connectivity index (χ4v) is 1.68. The van der Waals surface area contributed by atoms with E-state index in [0.717, 1.165) is 11.6 Å². The Morgan fingerprint density at radius 1 is 1.26 bits per heavy atom. The van der Waals surface area contributed by atoms with E-state index in [9.17, 15) is 14.3 Å². The van der Waals surface area contributed by atoms with Crippen molar-refractivity contribution in [3.63, 3.8) is 0 Å². The summed E-state index contributed by atoms with van der Waals surface area (Å²) in [6, 6.07) is 9.40. The number of benzene rings is 1. The van der Waals surface area contributed by atoms with E-state index in [4.69, 9.17) is 4.42 Å². The number of carbonyl (C=O) groups excluding carboxylic acids is 1. The van der Waals surface area contributed by atoms with Crippen molar-refractivity contribution in [3.05, 3.63) is 65.4 Å². The van der Waals surface area contributed by atoms with E-state index in [1.165, 1.54) is 19.1 Å². The van der Waals surface area contributed by atoms with Crippen LogP contribution in [0.2, 0.25) is 0 Å². The number of hydrogen-bond acceptors (Lipinski definition) is 3. The van der Waals surface area contributed by atoms with E-state index in [1.54, 1.807) is 24.3 Å². The maximum atomic E-state index is 12.8. The van der Waals surface area contributed by atoms with Gasteiger partial charge in [-0.05, 0) is 36.8 Å². The number of rotatable bonds is 4. The molecule has 3 nitrogen and oxygen atoms in total. The number of aliphatic hydroxyl groups excluding tert-OH is 1. The maximum Gasteiger partial charge on any atom is 0.168 e. The topological polar surface area (TPSA) is 50.4 Å². The smallest absolute Gasteiger partial charge is 0.168 e. The van der Waals surface area contributed by atoms with Crippen molar-refractivity contribution in [2.45, 2.75) is 13.3 Å². The van der Waals surface area contributed by atoms with E-state index in [0.29, 0.717) is 12.2 Å². The van der Waals surface area contributed by atoms with E-state index in [2.05, 4.69) is 0 Å². The molecule has 0 spiro atoms. The van der Waals surface area contributed by atoms with Crippen LogP contribution >= 0.6 is 0 Å². The van der Waals surface area contributed by atoms with Crippen LogP contribution in [0.5, 0.6) is 0 Å². The van der Waals surface area contributed by atoms with Gasteiger partial charge >= 0.3 is 0 Å². The summed E-state index contributed by atoms with van der Waals surface area (Å²) >= 11 is 0. The van der Waals surface area contributed by atoms with Gasteiger partial charge in [0, 0.05) is 12.5 Å². The highest BCUT2D eigenvalue weighted by Gasteiger charge is 2.07. The molecule has 2 aromatic rings. The van der Waals surface area contributed by atoms with Crippen LogP contribution in [0.3, 0.4) is 0 Å². The molecule has 0 bridgehead atoms. The number of carbonyl (C=O) groups is 1. The molecule has 0 atom stereocenters. The van der Waals surface area contributed by atoms with Gasteiger partial charge in [-0.25, -0.2) is 4.39 Å². The van der Waals surface area contributed by atoms with Gasteiger partial charge in [-0.15, -0.1) is 0 Å². The van der Waals surface area contributed by atoms with Crippen LogP contribution in [0.25, 0.3) is 5.76 Å². The lowest BCUT2D eigenvalue weighted by Gasteiger charge is -1.98. The van der Waals surface area contributed by atoms with Crippen LogP contribution < -0.4 is 0 Å². The summed E-state index contributed by atoms with van der Waals surface area (Å²) in [7, 11) is 0. The predicted molar refractivity (Wildman–Crippen MR) is 69.2 cm³/mol. The monoisotopic (exact) mass is 260 g/mol. The zero-order chi connectivity index (χ0) is 13.8. The lowest BCUT2D eigenvalue weighted by Crippen LogP contribution is -1.87. The van der Waals surface area contributed by atoms with Crippen molar-refractivity contribution in [1.29, 1.82) is 0 Å². The molecule has 0 aliphatic carbocycles. The molecule has 19 heavy (non-hydrogen) atoms. The number of furan rings is 1. The minimum atomic E-state index is -0.286. The summed E-state index contributed by atoms with van der Waals surface area (Å²) in [6.45, 7) is 1.35. The van der Waals surface area contributed by atoms with E-state index < -0.39 is 0 Å². The van der Waals surface area contributed by atoms with E-state index >= 15 is 0 Å². The molecule has 0 saturated carbocycles. The lowest BCUT2D eigenvalue weighted by atomic mass is 10.1. The van der Waals surface area contributed by atoms with Crippen LogP contribution in [0.1, 0.15) is 24.0 Å². The van der Waals surface area contributed by atoms with Crippen molar-refractivity contribution < 1.29 is 18.7 Å². The molecule has 1 aromatic carbocycles. The molecule has 4 heteroatoms. The normalized spacial score (nSPS) is 11.6. The average molecular weight is 260 g/mol. The highest BCUT2D eigenvalue weighted by molar-refractivity contribution is 5.92. The Morgan fingerprint density at radius 3 is 2.58 bits per heavy atom. The van der Waals surface area contributed by atoms with Crippen molar-refractivity contribution in [3.8, 4) is 0 Å². The predicted octanol–water partition coefficient (Wildman–Crippen LogP) is 3.50. The Balaban J connectivity index is 2.13. The molecule has 0 aliphatic rings. The zero-order valence-electron chi connectivity index (χ0n) is 10.4. The second-order valence-corrected chi connectivity index (χ2v) is 4.21. The number of hydrogen-bond donors (Lipinski definition) is 1. The molecule has 98 valence electrons. The van der Waals surface area contributed by atoms with Crippen LogP contribution in [0, 0.1) is 5.82 Å². The van der Waals surface area contributed by atoms with Gasteiger partial charge in [0.1, 0.15) is 11.6 Å². The minimum absolute atomic E-state index is 0.196. The highest BCUT2D eigenvalue weighted by atomic mass is 19.1. The largest absolute Gasteiger partial charge is 0.504 e. The quantitative estimate of drug-likeness (QED) is 0.676. The molecule has 1 N–H and O–H groups in total. The van der Waals surface area contributed by atoms with Crippen molar-refractivity contribution in [2.75, 3.05) is 0 Å². The summed E-state index contributed by atoms with van der Waals surface area (Å²) in [4.78, 5) is 10.8. The lowest BCUT2D eigenvalue weighted by molar-refractivity contribution is -0.112. The summed E-state index contributed by atoms with van der Waals surface area (Å²) < 4.78 is 18.2. The number of allylic oxidation sites excluding steroid dienone is 1. The Labute approximate surface area is 110 Å². The Morgan fingerprint density at radius 2 is 1.95 bits per heavy atom. The summed E-state index contributed by atoms with van der Waals surface area (Å²) in [6.07, 6.45) is 1.59. The Bertz CT molecular complexity index is 609. The molecule has 2 rings (SSSR count). The molecule has 0 saturated heterocycles. The van der Waals surface area contributed by atoms with Crippen LogP contribution in [-0.4, -0.2) is 10.9 Å². The number of aliphatic hydroxyl groups is 1. The first-order valence-corrected chi connectivity index (χ1v) is 5.79. The first-order valence-electron chi connectivity index (χ1n) is 5.79. The molecule has 1 aromatic heterocycles. The van der Waals surface area contributed by atoms with Crippen LogP contribution in [0.15, 0.2) is 46.9 Å². The molecular formula is C15H13FO3. The molecular weight excluding hydrogens is 247 g/mol. The number of halogens is 1. The minimum Gasteiger partial charge on any atom is -0.504 e. The van der Waals surface area contributed by atoms with Gasteiger partial charge in [-0.2, -0.15) is 0 Å². The second-order valence-electron chi connectivity index (χ2n) is 4.21. The van der Waals surface area contributed by atoms with Crippen molar-refractivity contribution in [1.82, 2.24) is 0 Å². The van der Waals surface area contributed by atoms with Crippen molar-refractivity contribution in [2.24, 2.45) is 0 Å². The van der Waals surface area contributed by atoms with Crippen LogP contribution in [0.4, 0.5) is 4.39 Å². The SMILES string of the molecule is CC(=O)C=C(O)c1ccc(Cc2ccc(F)cc2)o1. The van der Waals surface area contributed by atoms with E-state index in [1.807, 2.05) is 0 Å². The molecule has 0 unspecified atom stereocenters. The Hall–Kier alpha value is -2.36. The molecule has 0 amide bonds. The summed E-state index contributed by atoms with van der Waals surface area (Å²) in [5, 5.41) is 9.60. The standard InChI is InChI=1S/C15H13FO3/c1-10(17)8-14(18)15-7-6-13(19-15)9-11-2-4-12(16)5-3-11/h2-8,18H,9H2,1H3. The zero-order valence-corrected chi connectivity index (χ0v) is 10.4. The third-order valence-corrected chi connectivity index (χ3v) is 2.55. The van der Waals surface area contributed by atoms with Gasteiger partial charge in [-0.3, -0.25) is 4.79 Å². The third kappa shape index (κ3) is 3.55. The number of ketones is 1. The van der Waals surface area contributed by atoms with Gasteiger partial charge < -0.3 is 9.52 Å².